The Balaban J connectivity index is 2.43. The number of benzene rings is 2. The number of nitrogens with zero attached hydrogens (tertiary/aromatic N) is 1. The average molecular weight is 314 g/mol. The molecule has 0 saturated heterocycles. The fourth-order valence-corrected chi connectivity index (χ4v) is 3.04. The highest BCUT2D eigenvalue weighted by Crippen LogP contribution is 2.33. The number of pyridine rings is 1. The van der Waals surface area contributed by atoms with Gasteiger partial charge in [0.25, 0.3) is 5.56 Å². The van der Waals surface area contributed by atoms with Crippen molar-refractivity contribution in [2.75, 3.05) is 7.11 Å². The fourth-order valence-electron chi connectivity index (χ4n) is 2.69. The van der Waals surface area contributed by atoms with Gasteiger partial charge in [-0.1, -0.05) is 41.9 Å². The van der Waals surface area contributed by atoms with Crippen molar-refractivity contribution < 1.29 is 4.74 Å². The zero-order valence-electron chi connectivity index (χ0n) is 12.5. The Morgan fingerprint density at radius 2 is 1.86 bits per heavy atom. The lowest BCUT2D eigenvalue weighted by molar-refractivity contribution is 0.415. The third-order valence-electron chi connectivity index (χ3n) is 3.79. The summed E-state index contributed by atoms with van der Waals surface area (Å²) in [6.45, 7) is 2.52. The van der Waals surface area contributed by atoms with E-state index in [0.29, 0.717) is 22.9 Å². The van der Waals surface area contributed by atoms with E-state index in [-0.39, 0.29) is 5.56 Å². The van der Waals surface area contributed by atoms with Gasteiger partial charge in [0.1, 0.15) is 5.75 Å². The van der Waals surface area contributed by atoms with Crippen molar-refractivity contribution in [1.29, 1.82) is 0 Å². The van der Waals surface area contributed by atoms with E-state index in [9.17, 15) is 4.79 Å². The molecule has 0 aliphatic heterocycles. The van der Waals surface area contributed by atoms with Gasteiger partial charge in [-0.05, 0) is 24.6 Å². The van der Waals surface area contributed by atoms with E-state index >= 15 is 0 Å². The first kappa shape index (κ1) is 14.7. The van der Waals surface area contributed by atoms with E-state index in [0.717, 1.165) is 16.5 Å². The summed E-state index contributed by atoms with van der Waals surface area (Å²) in [4.78, 5) is 12.9. The van der Waals surface area contributed by atoms with Crippen molar-refractivity contribution in [2.24, 2.45) is 0 Å². The lowest BCUT2D eigenvalue weighted by Crippen LogP contribution is -2.22. The minimum Gasteiger partial charge on any atom is -0.497 e. The lowest BCUT2D eigenvalue weighted by Gasteiger charge is -2.14. The maximum Gasteiger partial charge on any atom is 0.260 e. The minimum atomic E-state index is -0.0838. The summed E-state index contributed by atoms with van der Waals surface area (Å²) in [7, 11) is 1.61. The van der Waals surface area contributed by atoms with Crippen LogP contribution in [0.5, 0.6) is 5.75 Å². The summed E-state index contributed by atoms with van der Waals surface area (Å²) >= 11 is 6.55. The molecule has 0 amide bonds. The van der Waals surface area contributed by atoms with Gasteiger partial charge in [-0.25, -0.2) is 0 Å². The Hall–Kier alpha value is -2.26. The third-order valence-corrected chi connectivity index (χ3v) is 4.18. The molecule has 22 heavy (non-hydrogen) atoms. The van der Waals surface area contributed by atoms with E-state index in [4.69, 9.17) is 16.3 Å². The quantitative estimate of drug-likeness (QED) is 0.720. The molecule has 0 radical (unpaired) electrons. The molecule has 112 valence electrons. The van der Waals surface area contributed by atoms with Crippen molar-refractivity contribution in [3.63, 3.8) is 0 Å². The van der Waals surface area contributed by atoms with Gasteiger partial charge < -0.3 is 9.30 Å². The molecule has 3 aromatic rings. The molecule has 0 aliphatic carbocycles. The van der Waals surface area contributed by atoms with Crippen LogP contribution in [0.25, 0.3) is 22.0 Å². The summed E-state index contributed by atoms with van der Waals surface area (Å²) < 4.78 is 6.99. The van der Waals surface area contributed by atoms with Gasteiger partial charge in [-0.3, -0.25) is 4.79 Å². The zero-order valence-corrected chi connectivity index (χ0v) is 13.2. The molecule has 1 heterocycles. The molecule has 0 bridgehead atoms. The van der Waals surface area contributed by atoms with Crippen LogP contribution in [-0.2, 0) is 6.54 Å². The lowest BCUT2D eigenvalue weighted by atomic mass is 10.0. The highest BCUT2D eigenvalue weighted by molar-refractivity contribution is 6.38. The highest BCUT2D eigenvalue weighted by atomic mass is 35.5. The molecule has 0 unspecified atom stereocenters. The topological polar surface area (TPSA) is 31.2 Å². The second kappa shape index (κ2) is 5.85. The molecule has 3 nitrogen and oxygen atoms in total. The number of ether oxygens (including phenoxy) is 1. The Morgan fingerprint density at radius 3 is 2.50 bits per heavy atom. The van der Waals surface area contributed by atoms with Crippen molar-refractivity contribution in [3.05, 3.63) is 63.9 Å². The molecular formula is C18H16ClNO2. The van der Waals surface area contributed by atoms with Crippen molar-refractivity contribution >= 4 is 22.5 Å². The molecule has 2 aromatic carbocycles. The molecule has 0 fully saturated rings. The first-order chi connectivity index (χ1) is 10.7. The molecule has 0 atom stereocenters. The number of hydrogen-bond acceptors (Lipinski definition) is 2. The van der Waals surface area contributed by atoms with E-state index in [1.165, 1.54) is 0 Å². The number of rotatable bonds is 3. The van der Waals surface area contributed by atoms with Gasteiger partial charge in [0.2, 0.25) is 0 Å². The van der Waals surface area contributed by atoms with Crippen LogP contribution in [0.15, 0.2) is 53.3 Å². The maximum absolute atomic E-state index is 12.9. The summed E-state index contributed by atoms with van der Waals surface area (Å²) in [5.41, 5.74) is 2.08. The van der Waals surface area contributed by atoms with Gasteiger partial charge in [0, 0.05) is 18.0 Å². The average Bonchev–Trinajstić information content (AvgIpc) is 2.56. The molecule has 1 aromatic heterocycles. The van der Waals surface area contributed by atoms with Gasteiger partial charge in [0.15, 0.2) is 0 Å². The summed E-state index contributed by atoms with van der Waals surface area (Å²) in [6, 6.07) is 15.1. The first-order valence-electron chi connectivity index (χ1n) is 7.12. The molecule has 0 aliphatic rings. The highest BCUT2D eigenvalue weighted by Gasteiger charge is 2.16. The SMILES string of the molecule is CCn1c(=O)c(-c2ccccc2)c(Cl)c2ccc(OC)cc21. The van der Waals surface area contributed by atoms with Crippen LogP contribution in [0.4, 0.5) is 0 Å². The van der Waals surface area contributed by atoms with Gasteiger partial charge in [0.05, 0.1) is 23.2 Å². The number of hydrogen-bond donors (Lipinski definition) is 0. The Kier molecular flexibility index (Phi) is 3.90. The molecule has 4 heteroatoms. The van der Waals surface area contributed by atoms with Crippen molar-refractivity contribution in [3.8, 4) is 16.9 Å². The number of fused-ring (bicyclic) bond motifs is 1. The first-order valence-corrected chi connectivity index (χ1v) is 7.50. The smallest absolute Gasteiger partial charge is 0.260 e. The standard InChI is InChI=1S/C18H16ClNO2/c1-3-20-15-11-13(22-2)9-10-14(15)17(19)16(18(20)21)12-7-5-4-6-8-12/h4-11H,3H2,1-2H3. The van der Waals surface area contributed by atoms with E-state index < -0.39 is 0 Å². The Morgan fingerprint density at radius 1 is 1.14 bits per heavy atom. The molecule has 0 spiro atoms. The monoisotopic (exact) mass is 313 g/mol. The number of methoxy groups -OCH3 is 1. The van der Waals surface area contributed by atoms with Gasteiger partial charge >= 0.3 is 0 Å². The van der Waals surface area contributed by atoms with Crippen LogP contribution >= 0.6 is 11.6 Å². The van der Waals surface area contributed by atoms with Crippen molar-refractivity contribution in [2.45, 2.75) is 13.5 Å². The largest absolute Gasteiger partial charge is 0.497 e. The number of halogens is 1. The summed E-state index contributed by atoms with van der Waals surface area (Å²) in [6.07, 6.45) is 0. The molecular weight excluding hydrogens is 298 g/mol. The minimum absolute atomic E-state index is 0.0838. The number of aryl methyl sites for hydroxylation is 1. The Labute approximate surface area is 133 Å². The maximum atomic E-state index is 12.9. The van der Waals surface area contributed by atoms with Crippen LogP contribution in [0.1, 0.15) is 6.92 Å². The predicted octanol–water partition coefficient (Wildman–Crippen LogP) is 4.35. The summed E-state index contributed by atoms with van der Waals surface area (Å²) in [5, 5.41) is 1.33. The van der Waals surface area contributed by atoms with Crippen molar-refractivity contribution in [1.82, 2.24) is 4.57 Å². The molecule has 3 rings (SSSR count). The van der Waals surface area contributed by atoms with E-state index in [1.54, 1.807) is 11.7 Å². The summed E-state index contributed by atoms with van der Waals surface area (Å²) in [5.74, 6) is 0.706. The molecule has 0 saturated carbocycles. The van der Waals surface area contributed by atoms with E-state index in [2.05, 4.69) is 0 Å². The molecule has 0 N–H and O–H groups in total. The van der Waals surface area contributed by atoms with E-state index in [1.807, 2.05) is 55.5 Å². The number of aromatic nitrogens is 1. The fraction of sp³-hybridized carbons (Fsp3) is 0.167. The van der Waals surface area contributed by atoms with Crippen LogP contribution in [0, 0.1) is 0 Å². The second-order valence-corrected chi connectivity index (χ2v) is 5.37. The van der Waals surface area contributed by atoms with Crippen LogP contribution < -0.4 is 10.3 Å². The van der Waals surface area contributed by atoms with Crippen LogP contribution in [0.3, 0.4) is 0 Å². The predicted molar refractivity (Wildman–Crippen MR) is 90.9 cm³/mol. The van der Waals surface area contributed by atoms with Gasteiger partial charge in [-0.2, -0.15) is 0 Å². The van der Waals surface area contributed by atoms with Crippen LogP contribution in [0.2, 0.25) is 5.02 Å². The van der Waals surface area contributed by atoms with Crippen LogP contribution in [-0.4, -0.2) is 11.7 Å². The Bertz CT molecular complexity index is 885. The zero-order chi connectivity index (χ0) is 15.7. The van der Waals surface area contributed by atoms with Gasteiger partial charge in [-0.15, -0.1) is 0 Å². The normalized spacial score (nSPS) is 10.9. The third kappa shape index (κ3) is 2.28. The second-order valence-electron chi connectivity index (χ2n) is 4.99.